The Morgan fingerprint density at radius 3 is 2.68 bits per heavy atom. The van der Waals surface area contributed by atoms with Crippen LogP contribution in [0.3, 0.4) is 0 Å². The van der Waals surface area contributed by atoms with Crippen LogP contribution in [0.2, 0.25) is 5.02 Å². The molecule has 3 aromatic rings. The number of amides is 1. The number of nitrogens with zero attached hydrogens (tertiary/aromatic N) is 1. The summed E-state index contributed by atoms with van der Waals surface area (Å²) in [4.78, 5) is 12.5. The van der Waals surface area contributed by atoms with Crippen molar-refractivity contribution in [2.24, 2.45) is 5.10 Å². The van der Waals surface area contributed by atoms with Gasteiger partial charge < -0.3 is 9.84 Å². The monoisotopic (exact) mass is 458 g/mol. The third-order valence-electron chi connectivity index (χ3n) is 3.80. The number of aromatic hydroxyl groups is 1. The van der Waals surface area contributed by atoms with Crippen molar-refractivity contribution in [3.05, 3.63) is 92.9 Å². The maximum atomic E-state index is 12.5. The van der Waals surface area contributed by atoms with E-state index < -0.39 is 5.91 Å². The predicted octanol–water partition coefficient (Wildman–Crippen LogP) is 5.15. The van der Waals surface area contributed by atoms with Gasteiger partial charge in [-0.15, -0.1) is 0 Å². The van der Waals surface area contributed by atoms with Crippen LogP contribution in [0.15, 0.2) is 76.3 Å². The van der Waals surface area contributed by atoms with Crippen LogP contribution in [0.1, 0.15) is 21.5 Å². The first-order valence-corrected chi connectivity index (χ1v) is 9.48. The number of benzene rings is 3. The average Bonchev–Trinajstić information content (AvgIpc) is 2.70. The largest absolute Gasteiger partial charge is 0.507 e. The molecule has 2 N–H and O–H groups in total. The Hall–Kier alpha value is -2.83. The molecule has 0 saturated carbocycles. The normalized spacial score (nSPS) is 10.8. The molecular formula is C21H16BrClN2O3. The number of phenols is 1. The molecule has 3 rings (SSSR count). The van der Waals surface area contributed by atoms with Crippen LogP contribution in [0.25, 0.3) is 0 Å². The summed E-state index contributed by atoms with van der Waals surface area (Å²) >= 11 is 9.20. The van der Waals surface area contributed by atoms with Gasteiger partial charge >= 0.3 is 0 Å². The lowest BCUT2D eigenvalue weighted by Gasteiger charge is -2.10. The molecule has 0 aliphatic heterocycles. The minimum Gasteiger partial charge on any atom is -0.507 e. The fourth-order valence-electron chi connectivity index (χ4n) is 2.37. The SMILES string of the molecule is O=C(N/N=C\c1cc(Br)ccc1O)c1ccccc1OCc1ccc(Cl)cc1. The van der Waals surface area contributed by atoms with Gasteiger partial charge in [0, 0.05) is 15.1 Å². The summed E-state index contributed by atoms with van der Waals surface area (Å²) in [6.45, 7) is 0.302. The molecule has 0 aliphatic rings. The van der Waals surface area contributed by atoms with Crippen LogP contribution in [-0.4, -0.2) is 17.2 Å². The van der Waals surface area contributed by atoms with Gasteiger partial charge in [-0.2, -0.15) is 5.10 Å². The Morgan fingerprint density at radius 1 is 1.14 bits per heavy atom. The molecule has 142 valence electrons. The minimum atomic E-state index is -0.419. The molecule has 0 atom stereocenters. The van der Waals surface area contributed by atoms with Crippen molar-refractivity contribution in [3.63, 3.8) is 0 Å². The third kappa shape index (κ3) is 5.34. The van der Waals surface area contributed by atoms with Crippen molar-refractivity contribution in [3.8, 4) is 11.5 Å². The highest BCUT2D eigenvalue weighted by molar-refractivity contribution is 9.10. The molecular weight excluding hydrogens is 444 g/mol. The molecule has 5 nitrogen and oxygen atoms in total. The topological polar surface area (TPSA) is 70.9 Å². The van der Waals surface area contributed by atoms with E-state index in [0.717, 1.165) is 10.0 Å². The van der Waals surface area contributed by atoms with Crippen molar-refractivity contribution >= 4 is 39.7 Å². The van der Waals surface area contributed by atoms with Gasteiger partial charge in [0.1, 0.15) is 18.1 Å². The number of carbonyl (C=O) groups excluding carboxylic acids is 1. The molecule has 0 radical (unpaired) electrons. The van der Waals surface area contributed by atoms with Crippen molar-refractivity contribution in [1.82, 2.24) is 5.43 Å². The Morgan fingerprint density at radius 2 is 1.89 bits per heavy atom. The standard InChI is InChI=1S/C21H16BrClN2O3/c22-16-7-10-19(26)15(11-16)12-24-25-21(27)18-3-1-2-4-20(18)28-13-14-5-8-17(23)9-6-14/h1-12,26H,13H2,(H,25,27)/b24-12-. The predicted molar refractivity (Wildman–Crippen MR) is 113 cm³/mol. The quantitative estimate of drug-likeness (QED) is 0.395. The summed E-state index contributed by atoms with van der Waals surface area (Å²) in [5.74, 6) is 0.0841. The maximum Gasteiger partial charge on any atom is 0.275 e. The molecule has 3 aromatic carbocycles. The van der Waals surface area contributed by atoms with Crippen LogP contribution in [0.5, 0.6) is 11.5 Å². The number of carbonyl (C=O) groups is 1. The summed E-state index contributed by atoms with van der Waals surface area (Å²) in [6.07, 6.45) is 1.37. The van der Waals surface area contributed by atoms with E-state index in [9.17, 15) is 9.90 Å². The number of ether oxygens (including phenoxy) is 1. The summed E-state index contributed by atoms with van der Waals surface area (Å²) in [5.41, 5.74) is 4.21. The molecule has 0 heterocycles. The third-order valence-corrected chi connectivity index (χ3v) is 4.54. The lowest BCUT2D eigenvalue weighted by Crippen LogP contribution is -2.18. The van der Waals surface area contributed by atoms with E-state index in [-0.39, 0.29) is 5.75 Å². The van der Waals surface area contributed by atoms with E-state index in [4.69, 9.17) is 16.3 Å². The zero-order valence-electron chi connectivity index (χ0n) is 14.6. The number of hydrogen-bond donors (Lipinski definition) is 2. The maximum absolute atomic E-state index is 12.5. The second-order valence-electron chi connectivity index (χ2n) is 5.81. The van der Waals surface area contributed by atoms with Gasteiger partial charge in [0.25, 0.3) is 5.91 Å². The first-order chi connectivity index (χ1) is 13.5. The number of rotatable bonds is 6. The van der Waals surface area contributed by atoms with Gasteiger partial charge in [0.2, 0.25) is 0 Å². The highest BCUT2D eigenvalue weighted by Crippen LogP contribution is 2.21. The fraction of sp³-hybridized carbons (Fsp3) is 0.0476. The van der Waals surface area contributed by atoms with E-state index in [1.54, 1.807) is 48.5 Å². The van der Waals surface area contributed by atoms with Crippen molar-refractivity contribution in [1.29, 1.82) is 0 Å². The fourth-order valence-corrected chi connectivity index (χ4v) is 2.88. The second kappa shape index (κ2) is 9.39. The number of hydrazone groups is 1. The van der Waals surface area contributed by atoms with Crippen molar-refractivity contribution in [2.75, 3.05) is 0 Å². The zero-order valence-corrected chi connectivity index (χ0v) is 16.9. The van der Waals surface area contributed by atoms with Gasteiger partial charge in [-0.3, -0.25) is 4.79 Å². The van der Waals surface area contributed by atoms with Gasteiger partial charge in [-0.05, 0) is 48.0 Å². The van der Waals surface area contributed by atoms with Gasteiger partial charge in [0.15, 0.2) is 0 Å². The van der Waals surface area contributed by atoms with E-state index >= 15 is 0 Å². The molecule has 0 bridgehead atoms. The molecule has 0 aliphatic carbocycles. The van der Waals surface area contributed by atoms with Crippen LogP contribution in [0, 0.1) is 0 Å². The van der Waals surface area contributed by atoms with Crippen molar-refractivity contribution < 1.29 is 14.6 Å². The molecule has 7 heteroatoms. The molecule has 0 saturated heterocycles. The van der Waals surface area contributed by atoms with Gasteiger partial charge in [-0.25, -0.2) is 5.43 Å². The smallest absolute Gasteiger partial charge is 0.275 e. The van der Waals surface area contributed by atoms with E-state index in [0.29, 0.717) is 28.5 Å². The lowest BCUT2D eigenvalue weighted by molar-refractivity contribution is 0.0950. The summed E-state index contributed by atoms with van der Waals surface area (Å²) in [6, 6.07) is 19.1. The second-order valence-corrected chi connectivity index (χ2v) is 7.17. The van der Waals surface area contributed by atoms with Crippen LogP contribution in [0.4, 0.5) is 0 Å². The Bertz CT molecular complexity index is 1010. The first kappa shape index (κ1) is 19.9. The van der Waals surface area contributed by atoms with Gasteiger partial charge in [-0.1, -0.05) is 51.8 Å². The zero-order chi connectivity index (χ0) is 19.9. The minimum absolute atomic E-state index is 0.0629. The van der Waals surface area contributed by atoms with Crippen LogP contribution in [-0.2, 0) is 6.61 Å². The van der Waals surface area contributed by atoms with Gasteiger partial charge in [0.05, 0.1) is 11.8 Å². The number of hydrogen-bond acceptors (Lipinski definition) is 4. The molecule has 0 unspecified atom stereocenters. The Balaban J connectivity index is 1.67. The molecule has 0 fully saturated rings. The lowest BCUT2D eigenvalue weighted by atomic mass is 10.2. The number of phenolic OH excluding ortho intramolecular Hbond substituents is 1. The molecule has 0 spiro atoms. The first-order valence-electron chi connectivity index (χ1n) is 8.31. The van der Waals surface area contributed by atoms with Crippen LogP contribution < -0.4 is 10.2 Å². The molecule has 0 aromatic heterocycles. The highest BCUT2D eigenvalue weighted by Gasteiger charge is 2.11. The Kier molecular flexibility index (Phi) is 6.68. The number of nitrogens with one attached hydrogen (secondary N) is 1. The van der Waals surface area contributed by atoms with E-state index in [1.807, 2.05) is 12.1 Å². The van der Waals surface area contributed by atoms with Crippen LogP contribution >= 0.6 is 27.5 Å². The average molecular weight is 460 g/mol. The summed E-state index contributed by atoms with van der Waals surface area (Å²) < 4.78 is 6.57. The van der Waals surface area contributed by atoms with Crippen molar-refractivity contribution in [2.45, 2.75) is 6.61 Å². The molecule has 28 heavy (non-hydrogen) atoms. The summed E-state index contributed by atoms with van der Waals surface area (Å²) in [7, 11) is 0. The molecule has 1 amide bonds. The highest BCUT2D eigenvalue weighted by atomic mass is 79.9. The summed E-state index contributed by atoms with van der Waals surface area (Å²) in [5, 5.41) is 14.4. The number of halogens is 2. The Labute approximate surface area is 175 Å². The van der Waals surface area contributed by atoms with E-state index in [1.165, 1.54) is 12.3 Å². The number of para-hydroxylation sites is 1. The van der Waals surface area contributed by atoms with E-state index in [2.05, 4.69) is 26.5 Å².